The highest BCUT2D eigenvalue weighted by atomic mass is 16.7. The number of rotatable bonds is 4. The number of hydrogen-bond acceptors (Lipinski definition) is 3. The van der Waals surface area contributed by atoms with Crippen molar-refractivity contribution in [2.24, 2.45) is 0 Å². The van der Waals surface area contributed by atoms with Gasteiger partial charge in [0.05, 0.1) is 11.2 Å². The standard InChI is InChI=1S/C20H31BO3/c1-10-11-22-17-15(18(3,4)5)12-14(2)13-16(17)21-23-19(6,7)20(8,9)24-21/h10,12-13H,1,11H2,2-9H3. The fourth-order valence-electron chi connectivity index (χ4n) is 2.81. The van der Waals surface area contributed by atoms with Gasteiger partial charge in [-0.05, 0) is 45.6 Å². The molecule has 1 aromatic rings. The van der Waals surface area contributed by atoms with Gasteiger partial charge in [-0.1, -0.05) is 51.1 Å². The molecule has 1 aliphatic rings. The predicted molar refractivity (Wildman–Crippen MR) is 101 cm³/mol. The lowest BCUT2D eigenvalue weighted by molar-refractivity contribution is 0.00578. The smallest absolute Gasteiger partial charge is 0.490 e. The number of ether oxygens (including phenoxy) is 1. The van der Waals surface area contributed by atoms with Crippen LogP contribution in [0.5, 0.6) is 5.75 Å². The van der Waals surface area contributed by atoms with E-state index in [1.807, 2.05) is 0 Å². The van der Waals surface area contributed by atoms with Gasteiger partial charge in [0.2, 0.25) is 0 Å². The summed E-state index contributed by atoms with van der Waals surface area (Å²) >= 11 is 0. The van der Waals surface area contributed by atoms with E-state index in [0.29, 0.717) is 6.61 Å². The average molecular weight is 330 g/mol. The van der Waals surface area contributed by atoms with Crippen molar-refractivity contribution in [3.8, 4) is 5.75 Å². The summed E-state index contributed by atoms with van der Waals surface area (Å²) in [6.45, 7) is 21.2. The zero-order chi connectivity index (χ0) is 18.3. The molecule has 3 nitrogen and oxygen atoms in total. The molecule has 1 saturated heterocycles. The highest BCUT2D eigenvalue weighted by Crippen LogP contribution is 2.39. The second-order valence-electron chi connectivity index (χ2n) is 8.67. The first-order valence-corrected chi connectivity index (χ1v) is 8.63. The molecule has 1 heterocycles. The molecule has 0 bridgehead atoms. The van der Waals surface area contributed by atoms with Gasteiger partial charge in [-0.2, -0.15) is 0 Å². The normalized spacial score (nSPS) is 19.4. The van der Waals surface area contributed by atoms with Crippen LogP contribution in [0, 0.1) is 6.92 Å². The topological polar surface area (TPSA) is 27.7 Å². The second kappa shape index (κ2) is 6.23. The Bertz CT molecular complexity index is 611. The Morgan fingerprint density at radius 3 is 2.12 bits per heavy atom. The van der Waals surface area contributed by atoms with E-state index in [-0.39, 0.29) is 16.6 Å². The molecule has 0 amide bonds. The first kappa shape index (κ1) is 19.1. The first-order chi connectivity index (χ1) is 10.9. The van der Waals surface area contributed by atoms with Crippen LogP contribution in [0.15, 0.2) is 24.8 Å². The average Bonchev–Trinajstić information content (AvgIpc) is 2.64. The maximum Gasteiger partial charge on any atom is 0.498 e. The van der Waals surface area contributed by atoms with Crippen LogP contribution >= 0.6 is 0 Å². The predicted octanol–water partition coefficient (Wildman–Crippen LogP) is 4.16. The monoisotopic (exact) mass is 330 g/mol. The lowest BCUT2D eigenvalue weighted by atomic mass is 9.73. The van der Waals surface area contributed by atoms with Crippen molar-refractivity contribution in [1.29, 1.82) is 0 Å². The quantitative estimate of drug-likeness (QED) is 0.613. The summed E-state index contributed by atoms with van der Waals surface area (Å²) in [7, 11) is -0.434. The molecular formula is C20H31BO3. The third-order valence-corrected chi connectivity index (χ3v) is 4.92. The third-order valence-electron chi connectivity index (χ3n) is 4.92. The zero-order valence-electron chi connectivity index (χ0n) is 16.4. The van der Waals surface area contributed by atoms with Gasteiger partial charge in [0, 0.05) is 5.46 Å². The van der Waals surface area contributed by atoms with E-state index in [9.17, 15) is 0 Å². The molecule has 1 fully saturated rings. The molecule has 0 unspecified atom stereocenters. The van der Waals surface area contributed by atoms with Crippen LogP contribution in [-0.2, 0) is 14.7 Å². The van der Waals surface area contributed by atoms with E-state index in [1.54, 1.807) is 6.08 Å². The van der Waals surface area contributed by atoms with Crippen LogP contribution < -0.4 is 10.2 Å². The van der Waals surface area contributed by atoms with Crippen molar-refractivity contribution in [2.45, 2.75) is 72.0 Å². The molecule has 0 N–H and O–H groups in total. The Balaban J connectivity index is 2.57. The lowest BCUT2D eigenvalue weighted by Crippen LogP contribution is -2.41. The summed E-state index contributed by atoms with van der Waals surface area (Å²) in [5.74, 6) is 0.853. The third kappa shape index (κ3) is 3.55. The van der Waals surface area contributed by atoms with Gasteiger partial charge in [-0.25, -0.2) is 0 Å². The van der Waals surface area contributed by atoms with Crippen LogP contribution in [0.3, 0.4) is 0 Å². The molecule has 0 saturated carbocycles. The van der Waals surface area contributed by atoms with E-state index in [4.69, 9.17) is 14.0 Å². The largest absolute Gasteiger partial charge is 0.498 e. The second-order valence-corrected chi connectivity index (χ2v) is 8.67. The van der Waals surface area contributed by atoms with E-state index >= 15 is 0 Å². The molecule has 0 aromatic heterocycles. The Labute approximate surface area is 147 Å². The Morgan fingerprint density at radius 2 is 1.67 bits per heavy atom. The Kier molecular flexibility index (Phi) is 4.95. The molecule has 1 aliphatic heterocycles. The van der Waals surface area contributed by atoms with Gasteiger partial charge in [0.1, 0.15) is 12.4 Å². The van der Waals surface area contributed by atoms with Crippen molar-refractivity contribution in [3.63, 3.8) is 0 Å². The molecule has 1 aromatic carbocycles. The van der Waals surface area contributed by atoms with Gasteiger partial charge >= 0.3 is 7.12 Å². The highest BCUT2D eigenvalue weighted by Gasteiger charge is 2.52. The Hall–Kier alpha value is -1.26. The summed E-state index contributed by atoms with van der Waals surface area (Å²) in [6.07, 6.45) is 1.76. The molecule has 132 valence electrons. The molecule has 24 heavy (non-hydrogen) atoms. The van der Waals surface area contributed by atoms with Gasteiger partial charge in [0.25, 0.3) is 0 Å². The van der Waals surface area contributed by atoms with Crippen LogP contribution in [0.1, 0.15) is 59.6 Å². The maximum atomic E-state index is 6.27. The number of benzene rings is 1. The van der Waals surface area contributed by atoms with Crippen LogP contribution in [0.4, 0.5) is 0 Å². The molecular weight excluding hydrogens is 299 g/mol. The Morgan fingerprint density at radius 1 is 1.12 bits per heavy atom. The van der Waals surface area contributed by atoms with E-state index in [2.05, 4.69) is 74.1 Å². The van der Waals surface area contributed by atoms with Crippen molar-refractivity contribution < 1.29 is 14.0 Å². The minimum atomic E-state index is -0.434. The van der Waals surface area contributed by atoms with Gasteiger partial charge in [0.15, 0.2) is 0 Å². The summed E-state index contributed by atoms with van der Waals surface area (Å²) in [5.41, 5.74) is 2.50. The van der Waals surface area contributed by atoms with Crippen molar-refractivity contribution in [2.75, 3.05) is 6.61 Å². The molecule has 0 atom stereocenters. The van der Waals surface area contributed by atoms with Crippen molar-refractivity contribution in [3.05, 3.63) is 35.9 Å². The SMILES string of the molecule is C=CCOc1c(B2OC(C)(C)C(C)(C)O2)cc(C)cc1C(C)(C)C. The lowest BCUT2D eigenvalue weighted by Gasteiger charge is -2.32. The maximum absolute atomic E-state index is 6.27. The fraction of sp³-hybridized carbons (Fsp3) is 0.600. The first-order valence-electron chi connectivity index (χ1n) is 8.63. The van der Waals surface area contributed by atoms with Crippen LogP contribution in [0.25, 0.3) is 0 Å². The minimum Gasteiger partial charge on any atom is -0.490 e. The summed E-state index contributed by atoms with van der Waals surface area (Å²) in [6, 6.07) is 4.29. The van der Waals surface area contributed by atoms with Gasteiger partial charge in [-0.3, -0.25) is 0 Å². The van der Waals surface area contributed by atoms with E-state index in [0.717, 1.165) is 16.8 Å². The van der Waals surface area contributed by atoms with Gasteiger partial charge in [-0.15, -0.1) is 0 Å². The van der Waals surface area contributed by atoms with Crippen LogP contribution in [0.2, 0.25) is 0 Å². The van der Waals surface area contributed by atoms with Crippen molar-refractivity contribution >= 4 is 12.6 Å². The minimum absolute atomic E-state index is 0.0408. The summed E-state index contributed by atoms with van der Waals surface area (Å²) in [4.78, 5) is 0. The molecule has 2 rings (SSSR count). The summed E-state index contributed by atoms with van der Waals surface area (Å²) < 4.78 is 18.6. The highest BCUT2D eigenvalue weighted by molar-refractivity contribution is 6.63. The van der Waals surface area contributed by atoms with Crippen molar-refractivity contribution in [1.82, 2.24) is 0 Å². The molecule has 0 radical (unpaired) electrons. The molecule has 4 heteroatoms. The van der Waals surface area contributed by atoms with Gasteiger partial charge < -0.3 is 14.0 Å². The summed E-state index contributed by atoms with van der Waals surface area (Å²) in [5, 5.41) is 0. The molecule has 0 aliphatic carbocycles. The number of aryl methyl sites for hydroxylation is 1. The van der Waals surface area contributed by atoms with E-state index in [1.165, 1.54) is 5.56 Å². The van der Waals surface area contributed by atoms with E-state index < -0.39 is 7.12 Å². The van der Waals surface area contributed by atoms with Crippen LogP contribution in [-0.4, -0.2) is 24.9 Å². The number of hydrogen-bond donors (Lipinski definition) is 0. The zero-order valence-corrected chi connectivity index (χ0v) is 16.4. The molecule has 0 spiro atoms. The fourth-order valence-corrected chi connectivity index (χ4v) is 2.81.